The van der Waals surface area contributed by atoms with Gasteiger partial charge in [0.25, 0.3) is 0 Å². The van der Waals surface area contributed by atoms with Gasteiger partial charge in [-0.05, 0) is 25.0 Å². The van der Waals surface area contributed by atoms with Gasteiger partial charge in [-0.3, -0.25) is 14.6 Å². The molecule has 0 bridgehead atoms. The smallest absolute Gasteiger partial charge is 0.224 e. The summed E-state index contributed by atoms with van der Waals surface area (Å²) in [6, 6.07) is 3.36. The van der Waals surface area contributed by atoms with Crippen LogP contribution in [0.15, 0.2) is 24.5 Å². The van der Waals surface area contributed by atoms with Gasteiger partial charge in [0.05, 0.1) is 0 Å². The molecule has 0 aliphatic carbocycles. The zero-order chi connectivity index (χ0) is 14.8. The van der Waals surface area contributed by atoms with E-state index in [0.29, 0.717) is 18.7 Å². The van der Waals surface area contributed by atoms with Crippen molar-refractivity contribution in [2.24, 2.45) is 0 Å². The number of rotatable bonds is 8. The zero-order valence-electron chi connectivity index (χ0n) is 10.9. The largest absolute Gasteiger partial charge is 0.550 e. The number of aliphatic carboxylic acids is 1. The highest BCUT2D eigenvalue weighted by atomic mass is 16.4. The van der Waals surface area contributed by atoms with Crippen LogP contribution in [0.4, 0.5) is 5.69 Å². The third kappa shape index (κ3) is 7.10. The van der Waals surface area contributed by atoms with E-state index in [0.717, 1.165) is 0 Å². The fourth-order valence-electron chi connectivity index (χ4n) is 1.44. The Morgan fingerprint density at radius 2 is 1.75 bits per heavy atom. The first-order chi connectivity index (χ1) is 9.58. The second-order valence-corrected chi connectivity index (χ2v) is 4.11. The summed E-state index contributed by atoms with van der Waals surface area (Å²) >= 11 is 0. The van der Waals surface area contributed by atoms with Crippen LogP contribution in [-0.4, -0.2) is 29.3 Å². The number of hydrogen-bond donors (Lipinski definition) is 2. The molecule has 1 aromatic heterocycles. The van der Waals surface area contributed by atoms with Crippen molar-refractivity contribution in [3.8, 4) is 0 Å². The van der Waals surface area contributed by atoms with Crippen LogP contribution in [0.2, 0.25) is 0 Å². The van der Waals surface area contributed by atoms with Crippen molar-refractivity contribution in [2.45, 2.75) is 25.7 Å². The molecule has 0 saturated heterocycles. The van der Waals surface area contributed by atoms with Crippen molar-refractivity contribution in [3.05, 3.63) is 24.5 Å². The molecule has 0 aliphatic rings. The van der Waals surface area contributed by atoms with E-state index in [9.17, 15) is 19.5 Å². The zero-order valence-corrected chi connectivity index (χ0v) is 10.9. The first-order valence-electron chi connectivity index (χ1n) is 6.24. The van der Waals surface area contributed by atoms with Crippen LogP contribution in [-0.2, 0) is 14.4 Å². The Hall–Kier alpha value is -2.44. The molecule has 0 radical (unpaired) electrons. The molecular formula is C13H16N3O4-. The Morgan fingerprint density at radius 1 is 1.05 bits per heavy atom. The number of pyridine rings is 1. The van der Waals surface area contributed by atoms with E-state index >= 15 is 0 Å². The lowest BCUT2D eigenvalue weighted by Gasteiger charge is -2.06. The van der Waals surface area contributed by atoms with E-state index in [2.05, 4.69) is 15.6 Å². The van der Waals surface area contributed by atoms with E-state index in [1.807, 2.05) is 0 Å². The van der Waals surface area contributed by atoms with Crippen LogP contribution in [0.5, 0.6) is 0 Å². The summed E-state index contributed by atoms with van der Waals surface area (Å²) < 4.78 is 0. The molecule has 0 saturated carbocycles. The molecule has 2 amide bonds. The number of aromatic nitrogens is 1. The SMILES string of the molecule is O=C([O-])CCC(=O)NCCCC(=O)Nc1ccncc1. The molecule has 1 rings (SSSR count). The normalized spacial score (nSPS) is 9.80. The average molecular weight is 278 g/mol. The van der Waals surface area contributed by atoms with Crippen molar-refractivity contribution >= 4 is 23.5 Å². The highest BCUT2D eigenvalue weighted by Gasteiger charge is 2.04. The fraction of sp³-hybridized carbons (Fsp3) is 0.385. The van der Waals surface area contributed by atoms with Crippen LogP contribution >= 0.6 is 0 Å². The van der Waals surface area contributed by atoms with Gasteiger partial charge < -0.3 is 20.5 Å². The number of carboxylic acid groups (broad SMARTS) is 1. The number of nitrogens with one attached hydrogen (secondary N) is 2. The average Bonchev–Trinajstić information content (AvgIpc) is 2.42. The van der Waals surface area contributed by atoms with Crippen molar-refractivity contribution in [2.75, 3.05) is 11.9 Å². The number of carboxylic acids is 1. The Kier molecular flexibility index (Phi) is 6.74. The predicted molar refractivity (Wildman–Crippen MR) is 69.4 cm³/mol. The quantitative estimate of drug-likeness (QED) is 0.619. The Balaban J connectivity index is 2.10. The molecule has 20 heavy (non-hydrogen) atoms. The van der Waals surface area contributed by atoms with Gasteiger partial charge in [-0.25, -0.2) is 0 Å². The van der Waals surface area contributed by atoms with Gasteiger partial charge in [-0.2, -0.15) is 0 Å². The van der Waals surface area contributed by atoms with Gasteiger partial charge in [-0.1, -0.05) is 0 Å². The lowest BCUT2D eigenvalue weighted by Crippen LogP contribution is -2.28. The van der Waals surface area contributed by atoms with Crippen molar-refractivity contribution in [1.29, 1.82) is 0 Å². The highest BCUT2D eigenvalue weighted by Crippen LogP contribution is 2.04. The molecule has 7 nitrogen and oxygen atoms in total. The molecule has 0 atom stereocenters. The second-order valence-electron chi connectivity index (χ2n) is 4.11. The summed E-state index contributed by atoms with van der Waals surface area (Å²) in [6.07, 6.45) is 3.50. The second kappa shape index (κ2) is 8.63. The van der Waals surface area contributed by atoms with Gasteiger partial charge in [-0.15, -0.1) is 0 Å². The standard InChI is InChI=1S/C13H17N3O4/c17-11(3-4-13(19)20)15-7-1-2-12(18)16-10-5-8-14-9-6-10/h5-6,8-9H,1-4,7H2,(H,15,17)(H,19,20)(H,14,16,18)/p-1. The van der Waals surface area contributed by atoms with E-state index < -0.39 is 5.97 Å². The van der Waals surface area contributed by atoms with Crippen molar-refractivity contribution in [1.82, 2.24) is 10.3 Å². The Bertz CT molecular complexity index is 462. The summed E-state index contributed by atoms with van der Waals surface area (Å²) in [5.74, 6) is -1.76. The first kappa shape index (κ1) is 15.6. The van der Waals surface area contributed by atoms with Gasteiger partial charge >= 0.3 is 0 Å². The monoisotopic (exact) mass is 278 g/mol. The topological polar surface area (TPSA) is 111 Å². The lowest BCUT2D eigenvalue weighted by atomic mass is 10.2. The van der Waals surface area contributed by atoms with E-state index in [1.54, 1.807) is 24.5 Å². The van der Waals surface area contributed by atoms with Crippen LogP contribution in [0.1, 0.15) is 25.7 Å². The molecule has 108 valence electrons. The minimum absolute atomic E-state index is 0.106. The summed E-state index contributed by atoms with van der Waals surface area (Å²) in [5, 5.41) is 15.4. The summed E-state index contributed by atoms with van der Waals surface area (Å²) in [6.45, 7) is 0.329. The Morgan fingerprint density at radius 3 is 2.40 bits per heavy atom. The molecule has 0 aromatic carbocycles. The third-order valence-electron chi connectivity index (χ3n) is 2.42. The highest BCUT2D eigenvalue weighted by molar-refractivity contribution is 5.90. The number of hydrogen-bond acceptors (Lipinski definition) is 5. The van der Waals surface area contributed by atoms with E-state index in [4.69, 9.17) is 0 Å². The van der Waals surface area contributed by atoms with Crippen LogP contribution < -0.4 is 15.7 Å². The lowest BCUT2D eigenvalue weighted by molar-refractivity contribution is -0.305. The minimum atomic E-state index is -1.25. The summed E-state index contributed by atoms with van der Waals surface area (Å²) in [7, 11) is 0. The fourth-order valence-corrected chi connectivity index (χ4v) is 1.44. The molecule has 1 heterocycles. The summed E-state index contributed by atoms with van der Waals surface area (Å²) in [5.41, 5.74) is 0.669. The molecular weight excluding hydrogens is 262 g/mol. The molecule has 0 aliphatic heterocycles. The van der Waals surface area contributed by atoms with Crippen molar-refractivity contribution in [3.63, 3.8) is 0 Å². The first-order valence-corrected chi connectivity index (χ1v) is 6.24. The Labute approximate surface area is 116 Å². The van der Waals surface area contributed by atoms with Gasteiger partial charge in [0.1, 0.15) is 0 Å². The molecule has 0 spiro atoms. The molecule has 0 unspecified atom stereocenters. The molecule has 2 N–H and O–H groups in total. The molecule has 7 heteroatoms. The van der Waals surface area contributed by atoms with Crippen molar-refractivity contribution < 1.29 is 19.5 Å². The molecule has 1 aromatic rings. The minimum Gasteiger partial charge on any atom is -0.550 e. The third-order valence-corrected chi connectivity index (χ3v) is 2.42. The van der Waals surface area contributed by atoms with Gasteiger partial charge in [0.2, 0.25) is 11.8 Å². The maximum atomic E-state index is 11.5. The summed E-state index contributed by atoms with van der Waals surface area (Å²) in [4.78, 5) is 36.7. The number of carbonyl (C=O) groups excluding carboxylic acids is 3. The van der Waals surface area contributed by atoms with E-state index in [1.165, 1.54) is 0 Å². The number of amides is 2. The van der Waals surface area contributed by atoms with Gasteiger partial charge in [0.15, 0.2) is 0 Å². The van der Waals surface area contributed by atoms with Crippen LogP contribution in [0.3, 0.4) is 0 Å². The predicted octanol–water partition coefficient (Wildman–Crippen LogP) is -0.553. The maximum Gasteiger partial charge on any atom is 0.224 e. The maximum absolute atomic E-state index is 11.5. The number of nitrogens with zero attached hydrogens (tertiary/aromatic N) is 1. The number of anilines is 1. The molecule has 0 fully saturated rings. The number of carbonyl (C=O) groups is 3. The van der Waals surface area contributed by atoms with Crippen LogP contribution in [0.25, 0.3) is 0 Å². The van der Waals surface area contributed by atoms with Gasteiger partial charge in [0, 0.05) is 43.4 Å². The van der Waals surface area contributed by atoms with E-state index in [-0.39, 0.29) is 31.1 Å². The van der Waals surface area contributed by atoms with Crippen LogP contribution in [0, 0.1) is 0 Å².